The second-order valence-corrected chi connectivity index (χ2v) is 11.7. The number of amides is 3. The van der Waals surface area contributed by atoms with Crippen LogP contribution in [0.4, 0.5) is 0 Å². The van der Waals surface area contributed by atoms with E-state index in [1.807, 2.05) is 0 Å². The number of rotatable bonds is 11. The number of allylic oxidation sites excluding steroid dienone is 1. The summed E-state index contributed by atoms with van der Waals surface area (Å²) in [7, 11) is 0. The third-order valence-corrected chi connectivity index (χ3v) is 7.45. The SMILES string of the molecule is CC(NC(=O)C(NC=O)C(C)C)C(=O)N1CCCC(C(=O)O)N1.CCc1ccc2ccc(/C=C/C(C)(C)CC)cc2n1. The molecule has 0 spiro atoms. The maximum absolute atomic E-state index is 12.3. The molecular formula is C32H47N5O5. The molecule has 10 heteroatoms. The van der Waals surface area contributed by atoms with Gasteiger partial charge in [-0.15, -0.1) is 0 Å². The van der Waals surface area contributed by atoms with E-state index >= 15 is 0 Å². The second kappa shape index (κ2) is 16.0. The van der Waals surface area contributed by atoms with Crippen LogP contribution in [0.5, 0.6) is 0 Å². The fourth-order valence-corrected chi connectivity index (χ4v) is 4.28. The lowest BCUT2D eigenvalue weighted by Gasteiger charge is -2.34. The lowest BCUT2D eigenvalue weighted by molar-refractivity contribution is -0.148. The van der Waals surface area contributed by atoms with E-state index in [0.717, 1.165) is 24.1 Å². The van der Waals surface area contributed by atoms with Crippen molar-refractivity contribution in [1.82, 2.24) is 26.1 Å². The molecule has 10 nitrogen and oxygen atoms in total. The molecule has 0 bridgehead atoms. The topological polar surface area (TPSA) is 141 Å². The number of carboxylic acid groups (broad SMARTS) is 1. The Kier molecular flexibility index (Phi) is 13.1. The predicted octanol–water partition coefficient (Wildman–Crippen LogP) is 4.09. The maximum Gasteiger partial charge on any atom is 0.322 e. The molecule has 1 saturated heterocycles. The number of aryl methyl sites for hydroxylation is 1. The molecule has 0 aliphatic carbocycles. The van der Waals surface area contributed by atoms with E-state index in [4.69, 9.17) is 5.11 Å². The number of aliphatic carboxylic acids is 1. The maximum atomic E-state index is 12.3. The Bertz CT molecular complexity index is 1260. The molecule has 1 aromatic carbocycles. The monoisotopic (exact) mass is 581 g/mol. The van der Waals surface area contributed by atoms with E-state index in [0.29, 0.717) is 25.8 Å². The van der Waals surface area contributed by atoms with Gasteiger partial charge in [-0.1, -0.05) is 71.9 Å². The number of hydrazine groups is 1. The first-order valence-corrected chi connectivity index (χ1v) is 14.7. The Morgan fingerprint density at radius 1 is 1.17 bits per heavy atom. The normalized spacial score (nSPS) is 16.9. The highest BCUT2D eigenvalue weighted by Crippen LogP contribution is 2.24. The van der Waals surface area contributed by atoms with Crippen LogP contribution in [0.3, 0.4) is 0 Å². The van der Waals surface area contributed by atoms with Crippen LogP contribution in [0.2, 0.25) is 0 Å². The van der Waals surface area contributed by atoms with Crippen LogP contribution in [0.15, 0.2) is 36.4 Å². The van der Waals surface area contributed by atoms with Gasteiger partial charge >= 0.3 is 5.97 Å². The average Bonchev–Trinajstić information content (AvgIpc) is 2.98. The van der Waals surface area contributed by atoms with Crippen LogP contribution in [0.1, 0.15) is 79.0 Å². The number of fused-ring (bicyclic) bond motifs is 1. The zero-order chi connectivity index (χ0) is 31.4. The number of carbonyl (C=O) groups is 4. The summed E-state index contributed by atoms with van der Waals surface area (Å²) in [4.78, 5) is 50.7. The molecule has 1 aliphatic heterocycles. The molecule has 2 heterocycles. The zero-order valence-electron chi connectivity index (χ0n) is 25.9. The van der Waals surface area contributed by atoms with Crippen molar-refractivity contribution < 1.29 is 24.3 Å². The quantitative estimate of drug-likeness (QED) is 0.293. The molecule has 3 amide bonds. The van der Waals surface area contributed by atoms with Gasteiger partial charge in [-0.05, 0) is 61.6 Å². The van der Waals surface area contributed by atoms with Crippen molar-refractivity contribution in [2.45, 2.75) is 92.3 Å². The zero-order valence-corrected chi connectivity index (χ0v) is 25.9. The van der Waals surface area contributed by atoms with Gasteiger partial charge in [0.25, 0.3) is 5.91 Å². The standard InChI is InChI=1S/C18H23N.C14H24N4O5/c1-5-16-10-9-15-8-7-14(13-17(15)19-16)11-12-18(3,4)6-2;1-8(2)11(15-7-19)12(20)16-9(3)13(21)18-6-4-5-10(17-18)14(22)23/h7-13H,5-6H2,1-4H3;7-11,17H,4-6H2,1-3H3,(H,15,19)(H,16,20)(H,22,23)/b12-11+;. The number of aromatic nitrogens is 1. The predicted molar refractivity (Wildman–Crippen MR) is 165 cm³/mol. The Hall–Kier alpha value is -3.79. The summed E-state index contributed by atoms with van der Waals surface area (Å²) >= 11 is 0. The number of carbonyl (C=O) groups excluding carboxylic acids is 3. The van der Waals surface area contributed by atoms with Crippen molar-refractivity contribution in [2.24, 2.45) is 11.3 Å². The van der Waals surface area contributed by atoms with E-state index in [-0.39, 0.29) is 11.3 Å². The fraction of sp³-hybridized carbons (Fsp3) is 0.531. The number of nitrogens with one attached hydrogen (secondary N) is 3. The minimum Gasteiger partial charge on any atom is -0.480 e. The van der Waals surface area contributed by atoms with Crippen LogP contribution in [-0.4, -0.2) is 64.0 Å². The number of benzene rings is 1. The van der Waals surface area contributed by atoms with Crippen LogP contribution in [-0.2, 0) is 25.6 Å². The first-order chi connectivity index (χ1) is 19.8. The Balaban J connectivity index is 0.000000298. The molecule has 3 unspecified atom stereocenters. The first kappa shape index (κ1) is 34.4. The summed E-state index contributed by atoms with van der Waals surface area (Å²) in [6, 6.07) is 8.38. The molecule has 1 aliphatic rings. The van der Waals surface area contributed by atoms with Crippen molar-refractivity contribution in [3.63, 3.8) is 0 Å². The van der Waals surface area contributed by atoms with Gasteiger partial charge in [-0.2, -0.15) is 0 Å². The van der Waals surface area contributed by atoms with E-state index in [2.05, 4.69) is 91.2 Å². The number of carboxylic acids is 1. The van der Waals surface area contributed by atoms with Gasteiger partial charge in [-0.3, -0.25) is 29.2 Å². The van der Waals surface area contributed by atoms with Gasteiger partial charge in [0, 0.05) is 17.6 Å². The number of hydrogen-bond acceptors (Lipinski definition) is 6. The highest BCUT2D eigenvalue weighted by molar-refractivity contribution is 5.90. The van der Waals surface area contributed by atoms with Crippen molar-refractivity contribution in [3.8, 4) is 0 Å². The van der Waals surface area contributed by atoms with E-state index < -0.39 is 35.9 Å². The summed E-state index contributed by atoms with van der Waals surface area (Å²) in [5.74, 6) is -2.03. The molecule has 4 N–H and O–H groups in total. The lowest BCUT2D eigenvalue weighted by Crippen LogP contribution is -2.60. The molecule has 3 rings (SSSR count). The number of pyridine rings is 1. The molecule has 2 aromatic rings. The summed E-state index contributed by atoms with van der Waals surface area (Å²) in [5, 5.41) is 16.4. The summed E-state index contributed by atoms with van der Waals surface area (Å²) < 4.78 is 0. The van der Waals surface area contributed by atoms with Gasteiger partial charge in [0.05, 0.1) is 5.52 Å². The van der Waals surface area contributed by atoms with Crippen LogP contribution < -0.4 is 16.1 Å². The molecule has 3 atom stereocenters. The largest absolute Gasteiger partial charge is 0.480 e. The van der Waals surface area contributed by atoms with Crippen molar-refractivity contribution in [1.29, 1.82) is 0 Å². The smallest absolute Gasteiger partial charge is 0.322 e. The van der Waals surface area contributed by atoms with Gasteiger partial charge in [0.15, 0.2) is 0 Å². The highest BCUT2D eigenvalue weighted by Gasteiger charge is 2.31. The van der Waals surface area contributed by atoms with Crippen LogP contribution in [0.25, 0.3) is 17.0 Å². The molecule has 42 heavy (non-hydrogen) atoms. The average molecular weight is 582 g/mol. The second-order valence-electron chi connectivity index (χ2n) is 11.7. The Morgan fingerprint density at radius 2 is 1.86 bits per heavy atom. The third kappa shape index (κ3) is 10.2. The minimum absolute atomic E-state index is 0.132. The third-order valence-electron chi connectivity index (χ3n) is 7.45. The fourth-order valence-electron chi connectivity index (χ4n) is 4.28. The van der Waals surface area contributed by atoms with Gasteiger partial charge in [0.1, 0.15) is 18.1 Å². The van der Waals surface area contributed by atoms with E-state index in [1.165, 1.54) is 22.9 Å². The van der Waals surface area contributed by atoms with Gasteiger partial charge in [-0.25, -0.2) is 5.43 Å². The molecule has 1 aromatic heterocycles. The molecular weight excluding hydrogens is 534 g/mol. The molecule has 230 valence electrons. The summed E-state index contributed by atoms with van der Waals surface area (Å²) in [6.07, 6.45) is 8.09. The molecule has 1 fully saturated rings. The molecule has 0 saturated carbocycles. The summed E-state index contributed by atoms with van der Waals surface area (Å²) in [6.45, 7) is 14.3. The summed E-state index contributed by atoms with van der Waals surface area (Å²) in [5.41, 5.74) is 6.38. The Morgan fingerprint density at radius 3 is 2.45 bits per heavy atom. The van der Waals surface area contributed by atoms with Gasteiger partial charge < -0.3 is 15.7 Å². The number of hydrogen-bond donors (Lipinski definition) is 4. The number of nitrogens with zero attached hydrogens (tertiary/aromatic N) is 2. The lowest BCUT2D eigenvalue weighted by atomic mass is 9.89. The Labute approximate surface area is 249 Å². The molecule has 0 radical (unpaired) electrons. The van der Waals surface area contributed by atoms with E-state index in [1.54, 1.807) is 13.8 Å². The van der Waals surface area contributed by atoms with Crippen LogP contribution >= 0.6 is 0 Å². The van der Waals surface area contributed by atoms with Crippen molar-refractivity contribution in [2.75, 3.05) is 6.54 Å². The van der Waals surface area contributed by atoms with E-state index in [9.17, 15) is 19.2 Å². The van der Waals surface area contributed by atoms with Crippen molar-refractivity contribution in [3.05, 3.63) is 47.7 Å². The van der Waals surface area contributed by atoms with Gasteiger partial charge in [0.2, 0.25) is 12.3 Å². The highest BCUT2D eigenvalue weighted by atomic mass is 16.4. The minimum atomic E-state index is -1.02. The van der Waals surface area contributed by atoms with Crippen molar-refractivity contribution >= 4 is 41.2 Å². The van der Waals surface area contributed by atoms with Crippen LogP contribution in [0, 0.1) is 11.3 Å². The first-order valence-electron chi connectivity index (χ1n) is 14.7.